The smallest absolute Gasteiger partial charge is 0.258 e. The first-order chi connectivity index (χ1) is 8.06. The van der Waals surface area contributed by atoms with E-state index in [0.29, 0.717) is 0 Å². The number of fused-ring (bicyclic) bond motifs is 3. The van der Waals surface area contributed by atoms with Gasteiger partial charge in [0.25, 0.3) is 5.56 Å². The Morgan fingerprint density at radius 3 is 2.59 bits per heavy atom. The molecule has 0 unspecified atom stereocenters. The molecule has 0 aliphatic heterocycles. The van der Waals surface area contributed by atoms with E-state index in [2.05, 4.69) is 18.8 Å². The van der Waals surface area contributed by atoms with E-state index >= 15 is 0 Å². The summed E-state index contributed by atoms with van der Waals surface area (Å²) in [6.45, 7) is 6.05. The summed E-state index contributed by atoms with van der Waals surface area (Å²) in [7, 11) is 0. The van der Waals surface area contributed by atoms with Gasteiger partial charge in [0.15, 0.2) is 4.96 Å². The molecule has 3 nitrogen and oxygen atoms in total. The van der Waals surface area contributed by atoms with Crippen LogP contribution in [0.25, 0.3) is 16.0 Å². The minimum atomic E-state index is 0.00185. The van der Waals surface area contributed by atoms with E-state index in [-0.39, 0.29) is 5.56 Å². The van der Waals surface area contributed by atoms with Gasteiger partial charge in [0, 0.05) is 10.9 Å². The van der Waals surface area contributed by atoms with E-state index in [1.54, 1.807) is 21.8 Å². The van der Waals surface area contributed by atoms with Crippen molar-refractivity contribution in [2.24, 2.45) is 0 Å². The first-order valence-corrected chi connectivity index (χ1v) is 6.28. The van der Waals surface area contributed by atoms with Gasteiger partial charge >= 0.3 is 0 Å². The zero-order valence-corrected chi connectivity index (χ0v) is 10.8. The molecule has 0 saturated heterocycles. The molecule has 0 amide bonds. The third-order valence-corrected chi connectivity index (χ3v) is 3.93. The average molecular weight is 244 g/mol. The Morgan fingerprint density at radius 2 is 1.82 bits per heavy atom. The largest absolute Gasteiger partial charge is 0.269 e. The van der Waals surface area contributed by atoms with Gasteiger partial charge in [-0.25, -0.2) is 4.98 Å². The number of nitrogens with zero attached hydrogens (tertiary/aromatic N) is 2. The standard InChI is InChI=1S/C13H12N2OS/c1-7-4-10-11(5-8(7)2)15-12(16)6-9(3)17-13(15)14-10/h4-6H,1-3H3. The maximum Gasteiger partial charge on any atom is 0.258 e. The van der Waals surface area contributed by atoms with Gasteiger partial charge in [0.1, 0.15) is 0 Å². The molecule has 3 rings (SSSR count). The number of benzene rings is 1. The topological polar surface area (TPSA) is 34.4 Å². The highest BCUT2D eigenvalue weighted by atomic mass is 32.1. The zero-order chi connectivity index (χ0) is 12.2. The zero-order valence-electron chi connectivity index (χ0n) is 9.94. The lowest BCUT2D eigenvalue weighted by Gasteiger charge is -1.99. The number of aromatic nitrogens is 2. The fraction of sp³-hybridized carbons (Fsp3) is 0.231. The van der Waals surface area contributed by atoms with Crippen LogP contribution in [0.15, 0.2) is 23.0 Å². The summed E-state index contributed by atoms with van der Waals surface area (Å²) < 4.78 is 1.69. The highest BCUT2D eigenvalue weighted by Gasteiger charge is 2.09. The predicted molar refractivity (Wildman–Crippen MR) is 71.1 cm³/mol. The normalized spacial score (nSPS) is 11.5. The van der Waals surface area contributed by atoms with Gasteiger partial charge in [0.2, 0.25) is 0 Å². The molecule has 0 fully saturated rings. The summed E-state index contributed by atoms with van der Waals surface area (Å²) in [6.07, 6.45) is 0. The van der Waals surface area contributed by atoms with E-state index in [9.17, 15) is 4.79 Å². The molecule has 0 N–H and O–H groups in total. The van der Waals surface area contributed by atoms with Crippen molar-refractivity contribution >= 4 is 27.3 Å². The number of hydrogen-bond donors (Lipinski definition) is 0. The summed E-state index contributed by atoms with van der Waals surface area (Å²) in [5.74, 6) is 0. The van der Waals surface area contributed by atoms with Crippen LogP contribution in [-0.4, -0.2) is 9.38 Å². The van der Waals surface area contributed by atoms with Gasteiger partial charge in [-0.15, -0.1) is 11.3 Å². The summed E-state index contributed by atoms with van der Waals surface area (Å²) in [5.41, 5.74) is 4.19. The molecule has 17 heavy (non-hydrogen) atoms. The van der Waals surface area contributed by atoms with Gasteiger partial charge in [0.05, 0.1) is 11.0 Å². The molecular formula is C13H12N2OS. The lowest BCUT2D eigenvalue weighted by atomic mass is 10.1. The summed E-state index contributed by atoms with van der Waals surface area (Å²) in [6, 6.07) is 5.74. The van der Waals surface area contributed by atoms with Crippen LogP contribution in [0.2, 0.25) is 0 Å². The molecule has 86 valence electrons. The Kier molecular flexibility index (Phi) is 2.10. The third kappa shape index (κ3) is 1.48. The van der Waals surface area contributed by atoms with E-state index in [4.69, 9.17) is 0 Å². The summed E-state index contributed by atoms with van der Waals surface area (Å²) in [4.78, 5) is 18.3. The Labute approximate surface area is 102 Å². The fourth-order valence-electron chi connectivity index (χ4n) is 2.00. The van der Waals surface area contributed by atoms with Crippen molar-refractivity contribution in [1.82, 2.24) is 9.38 Å². The molecule has 0 saturated carbocycles. The molecule has 1 aromatic carbocycles. The molecule has 0 aliphatic rings. The molecule has 4 heteroatoms. The van der Waals surface area contributed by atoms with Gasteiger partial charge in [-0.2, -0.15) is 0 Å². The lowest BCUT2D eigenvalue weighted by Crippen LogP contribution is -2.10. The molecule has 0 spiro atoms. The summed E-state index contributed by atoms with van der Waals surface area (Å²) >= 11 is 1.55. The van der Waals surface area contributed by atoms with Crippen LogP contribution < -0.4 is 5.56 Å². The average Bonchev–Trinajstić information content (AvgIpc) is 2.56. The Morgan fingerprint density at radius 1 is 1.12 bits per heavy atom. The van der Waals surface area contributed by atoms with Crippen molar-refractivity contribution in [1.29, 1.82) is 0 Å². The molecule has 2 heterocycles. The molecule has 0 bridgehead atoms. The van der Waals surface area contributed by atoms with E-state index in [0.717, 1.165) is 20.9 Å². The van der Waals surface area contributed by atoms with Gasteiger partial charge < -0.3 is 0 Å². The lowest BCUT2D eigenvalue weighted by molar-refractivity contribution is 1.17. The second kappa shape index (κ2) is 3.40. The van der Waals surface area contributed by atoms with E-state index < -0.39 is 0 Å². The molecule has 0 aliphatic carbocycles. The molecule has 0 atom stereocenters. The van der Waals surface area contributed by atoms with E-state index in [1.165, 1.54) is 11.1 Å². The fourth-order valence-corrected chi connectivity index (χ4v) is 2.88. The Bertz CT molecular complexity index is 798. The maximum atomic E-state index is 12.0. The quantitative estimate of drug-likeness (QED) is 0.609. The van der Waals surface area contributed by atoms with Gasteiger partial charge in [-0.05, 0) is 44.0 Å². The van der Waals surface area contributed by atoms with Crippen molar-refractivity contribution in [2.45, 2.75) is 20.8 Å². The van der Waals surface area contributed by atoms with Crippen LogP contribution >= 0.6 is 11.3 Å². The molecular weight excluding hydrogens is 232 g/mol. The highest BCUT2D eigenvalue weighted by molar-refractivity contribution is 7.16. The number of imidazole rings is 1. The van der Waals surface area contributed by atoms with Crippen LogP contribution in [0.1, 0.15) is 16.0 Å². The van der Waals surface area contributed by atoms with Crippen molar-refractivity contribution < 1.29 is 0 Å². The van der Waals surface area contributed by atoms with Crippen LogP contribution in [0.5, 0.6) is 0 Å². The Hall–Kier alpha value is -1.68. The maximum absolute atomic E-state index is 12.0. The second-order valence-corrected chi connectivity index (χ2v) is 5.56. The van der Waals surface area contributed by atoms with Gasteiger partial charge in [-0.3, -0.25) is 9.20 Å². The first kappa shape index (κ1) is 10.5. The van der Waals surface area contributed by atoms with Crippen LogP contribution in [0.3, 0.4) is 0 Å². The van der Waals surface area contributed by atoms with Crippen molar-refractivity contribution in [2.75, 3.05) is 0 Å². The number of rotatable bonds is 0. The van der Waals surface area contributed by atoms with Crippen LogP contribution in [-0.2, 0) is 0 Å². The summed E-state index contributed by atoms with van der Waals surface area (Å²) in [5, 5.41) is 0. The van der Waals surface area contributed by atoms with Crippen LogP contribution in [0, 0.1) is 20.8 Å². The second-order valence-electron chi connectivity index (χ2n) is 4.35. The SMILES string of the molecule is Cc1cc(=O)n2c(nc3cc(C)c(C)cc32)s1. The van der Waals surface area contributed by atoms with Gasteiger partial charge in [-0.1, -0.05) is 0 Å². The first-order valence-electron chi connectivity index (χ1n) is 5.46. The van der Waals surface area contributed by atoms with Crippen molar-refractivity contribution in [3.8, 4) is 0 Å². The number of aryl methyl sites for hydroxylation is 3. The Balaban J connectivity index is 2.60. The molecule has 3 aromatic rings. The third-order valence-electron chi connectivity index (χ3n) is 3.04. The minimum absolute atomic E-state index is 0.00185. The minimum Gasteiger partial charge on any atom is -0.269 e. The highest BCUT2D eigenvalue weighted by Crippen LogP contribution is 2.22. The van der Waals surface area contributed by atoms with Crippen LogP contribution in [0.4, 0.5) is 0 Å². The van der Waals surface area contributed by atoms with Crippen molar-refractivity contribution in [3.05, 3.63) is 44.6 Å². The molecule has 0 radical (unpaired) electrons. The van der Waals surface area contributed by atoms with Crippen molar-refractivity contribution in [3.63, 3.8) is 0 Å². The monoisotopic (exact) mass is 244 g/mol. The predicted octanol–water partition coefficient (Wildman–Crippen LogP) is 2.83. The molecule has 2 aromatic heterocycles. The van der Waals surface area contributed by atoms with E-state index in [1.807, 2.05) is 19.1 Å². The number of hydrogen-bond acceptors (Lipinski definition) is 3.